The number of rotatable bonds is 4. The normalized spacial score (nSPS) is 11.1. The molecule has 2 heterocycles. The van der Waals surface area contributed by atoms with Crippen molar-refractivity contribution in [2.24, 2.45) is 0 Å². The Balaban J connectivity index is 1.68. The average molecular weight is 390 g/mol. The van der Waals surface area contributed by atoms with Gasteiger partial charge in [-0.3, -0.25) is 14.6 Å². The van der Waals surface area contributed by atoms with Crippen LogP contribution in [0.5, 0.6) is 0 Å². The second kappa shape index (κ2) is 7.43. The van der Waals surface area contributed by atoms with Crippen molar-refractivity contribution in [3.63, 3.8) is 0 Å². The van der Waals surface area contributed by atoms with E-state index >= 15 is 0 Å². The van der Waals surface area contributed by atoms with Crippen LogP contribution in [0.15, 0.2) is 53.3 Å². The Morgan fingerprint density at radius 1 is 1.10 bits per heavy atom. The number of carbonyl (C=O) groups is 1. The summed E-state index contributed by atoms with van der Waals surface area (Å²) >= 11 is 0. The number of aromatic amines is 1. The Kier molecular flexibility index (Phi) is 4.80. The van der Waals surface area contributed by atoms with Gasteiger partial charge in [0.15, 0.2) is 0 Å². The minimum atomic E-state index is -0.370. The molecule has 0 aliphatic carbocycles. The highest BCUT2D eigenvalue weighted by molar-refractivity contribution is 5.98. The maximum Gasteiger partial charge on any atom is 0.258 e. The van der Waals surface area contributed by atoms with Gasteiger partial charge >= 0.3 is 0 Å². The number of nitrogens with one attached hydrogen (secondary N) is 1. The molecule has 0 radical (unpaired) electrons. The van der Waals surface area contributed by atoms with E-state index in [2.05, 4.69) is 15.0 Å². The molecule has 0 unspecified atom stereocenters. The first-order valence-electron chi connectivity index (χ1n) is 9.30. The summed E-state index contributed by atoms with van der Waals surface area (Å²) in [6.45, 7) is 4.17. The van der Waals surface area contributed by atoms with Crippen molar-refractivity contribution in [3.05, 3.63) is 81.8 Å². The highest BCUT2D eigenvalue weighted by Crippen LogP contribution is 2.20. The second-order valence-electron chi connectivity index (χ2n) is 6.81. The van der Waals surface area contributed by atoms with Crippen molar-refractivity contribution in [2.75, 3.05) is 6.54 Å². The van der Waals surface area contributed by atoms with Crippen LogP contribution >= 0.6 is 0 Å². The minimum absolute atomic E-state index is 0.163. The molecule has 4 aromatic rings. The van der Waals surface area contributed by atoms with Crippen molar-refractivity contribution in [1.82, 2.24) is 19.9 Å². The highest BCUT2D eigenvalue weighted by atomic mass is 19.1. The van der Waals surface area contributed by atoms with Crippen molar-refractivity contribution >= 4 is 27.7 Å². The molecular weight excluding hydrogens is 371 g/mol. The number of hydrogen-bond acceptors (Lipinski definition) is 4. The van der Waals surface area contributed by atoms with E-state index in [1.165, 1.54) is 12.1 Å². The van der Waals surface area contributed by atoms with E-state index in [0.717, 1.165) is 0 Å². The first-order valence-corrected chi connectivity index (χ1v) is 9.30. The monoisotopic (exact) mass is 390 g/mol. The number of amides is 1. The van der Waals surface area contributed by atoms with E-state index in [9.17, 15) is 14.0 Å². The molecule has 0 spiro atoms. The highest BCUT2D eigenvalue weighted by Gasteiger charge is 2.19. The van der Waals surface area contributed by atoms with Gasteiger partial charge in [0.1, 0.15) is 11.6 Å². The summed E-state index contributed by atoms with van der Waals surface area (Å²) in [7, 11) is 0. The van der Waals surface area contributed by atoms with E-state index in [1.54, 1.807) is 42.2 Å². The molecule has 0 atom stereocenters. The van der Waals surface area contributed by atoms with Gasteiger partial charge in [0, 0.05) is 18.0 Å². The minimum Gasteiger partial charge on any atom is -0.331 e. The Hall–Kier alpha value is -3.61. The lowest BCUT2D eigenvalue weighted by Crippen LogP contribution is -2.32. The number of nitrogens with zero attached hydrogens (tertiary/aromatic N) is 3. The van der Waals surface area contributed by atoms with Gasteiger partial charge < -0.3 is 9.88 Å². The topological polar surface area (TPSA) is 79.0 Å². The Bertz CT molecular complexity index is 1300. The fourth-order valence-corrected chi connectivity index (χ4v) is 3.34. The Labute approximate surface area is 166 Å². The quantitative estimate of drug-likeness (QED) is 0.578. The second-order valence-corrected chi connectivity index (χ2v) is 6.81. The predicted molar refractivity (Wildman–Crippen MR) is 109 cm³/mol. The fraction of sp³-hybridized carbons (Fsp3) is 0.182. The lowest BCUT2D eigenvalue weighted by atomic mass is 10.1. The lowest BCUT2D eigenvalue weighted by Gasteiger charge is -2.21. The average Bonchev–Trinajstić information content (AvgIpc) is 2.71. The molecule has 0 saturated carbocycles. The maximum absolute atomic E-state index is 13.4. The molecule has 29 heavy (non-hydrogen) atoms. The lowest BCUT2D eigenvalue weighted by molar-refractivity contribution is 0.0747. The zero-order chi connectivity index (χ0) is 20.5. The van der Waals surface area contributed by atoms with Crippen molar-refractivity contribution in [3.8, 4) is 0 Å². The van der Waals surface area contributed by atoms with Crippen molar-refractivity contribution in [1.29, 1.82) is 0 Å². The molecule has 1 N–H and O–H groups in total. The summed E-state index contributed by atoms with van der Waals surface area (Å²) in [6, 6.07) is 13.1. The van der Waals surface area contributed by atoms with E-state index in [4.69, 9.17) is 0 Å². The maximum atomic E-state index is 13.4. The number of hydrogen-bond donors (Lipinski definition) is 1. The van der Waals surface area contributed by atoms with Gasteiger partial charge in [-0.15, -0.1) is 0 Å². The van der Waals surface area contributed by atoms with Gasteiger partial charge in [-0.05, 0) is 44.2 Å². The summed E-state index contributed by atoms with van der Waals surface area (Å²) in [5, 5.41) is 1.20. The van der Waals surface area contributed by atoms with Gasteiger partial charge in [0.2, 0.25) is 0 Å². The van der Waals surface area contributed by atoms with Gasteiger partial charge in [-0.25, -0.2) is 9.37 Å². The van der Waals surface area contributed by atoms with Crippen molar-refractivity contribution < 1.29 is 9.18 Å². The van der Waals surface area contributed by atoms with E-state index in [0.29, 0.717) is 45.4 Å². The van der Waals surface area contributed by atoms with Crippen LogP contribution in [-0.4, -0.2) is 32.3 Å². The van der Waals surface area contributed by atoms with Crippen molar-refractivity contribution in [2.45, 2.75) is 20.4 Å². The first-order chi connectivity index (χ1) is 14.0. The number of fused-ring (bicyclic) bond motifs is 2. The molecule has 1 amide bonds. The van der Waals surface area contributed by atoms with Crippen LogP contribution in [0.3, 0.4) is 0 Å². The number of benzene rings is 2. The van der Waals surface area contributed by atoms with E-state index in [-0.39, 0.29) is 23.8 Å². The number of pyridine rings is 1. The fourth-order valence-electron chi connectivity index (χ4n) is 3.34. The molecule has 0 fully saturated rings. The summed E-state index contributed by atoms with van der Waals surface area (Å²) in [4.78, 5) is 38.6. The Morgan fingerprint density at radius 3 is 2.69 bits per heavy atom. The molecule has 0 saturated heterocycles. The van der Waals surface area contributed by atoms with E-state index < -0.39 is 0 Å². The number of aromatic nitrogens is 3. The molecule has 4 rings (SSSR count). The molecule has 2 aromatic heterocycles. The van der Waals surface area contributed by atoms with Crippen LogP contribution < -0.4 is 5.56 Å². The van der Waals surface area contributed by atoms with Crippen LogP contribution in [0.1, 0.15) is 28.8 Å². The van der Waals surface area contributed by atoms with Gasteiger partial charge in [-0.2, -0.15) is 0 Å². The molecule has 6 nitrogen and oxygen atoms in total. The molecule has 0 aliphatic heterocycles. The van der Waals surface area contributed by atoms with Gasteiger partial charge in [-0.1, -0.05) is 12.1 Å². The van der Waals surface area contributed by atoms with Crippen LogP contribution in [0, 0.1) is 12.7 Å². The molecule has 2 aromatic carbocycles. The predicted octanol–water partition coefficient (Wildman–Crippen LogP) is 3.58. The van der Waals surface area contributed by atoms with E-state index in [1.807, 2.05) is 13.0 Å². The van der Waals surface area contributed by atoms with Gasteiger partial charge in [0.25, 0.3) is 11.5 Å². The third-order valence-corrected chi connectivity index (χ3v) is 4.87. The van der Waals surface area contributed by atoms with Crippen LogP contribution in [-0.2, 0) is 6.54 Å². The summed E-state index contributed by atoms with van der Waals surface area (Å²) in [6.07, 6.45) is 0. The Morgan fingerprint density at radius 2 is 1.90 bits per heavy atom. The molecular formula is C22H19FN4O2. The number of H-pyrrole nitrogens is 1. The molecule has 146 valence electrons. The third-order valence-electron chi connectivity index (χ3n) is 4.87. The third kappa shape index (κ3) is 3.59. The summed E-state index contributed by atoms with van der Waals surface area (Å²) in [5.41, 5.74) is 1.81. The molecule has 0 bridgehead atoms. The molecule has 7 heteroatoms. The number of halogens is 1. The number of para-hydroxylation sites is 1. The zero-order valence-electron chi connectivity index (χ0n) is 16.1. The summed E-state index contributed by atoms with van der Waals surface area (Å²) in [5.74, 6) is -0.179. The zero-order valence-corrected chi connectivity index (χ0v) is 16.1. The van der Waals surface area contributed by atoms with Crippen LogP contribution in [0.4, 0.5) is 4.39 Å². The number of aryl methyl sites for hydroxylation is 1. The summed E-state index contributed by atoms with van der Waals surface area (Å²) < 4.78 is 13.4. The number of carbonyl (C=O) groups excluding carboxylic acids is 1. The SMILES string of the molecule is CCN(Cc1nc2ccccc2c(=O)[nH]1)C(=O)c1cc2ccc(F)cc2nc1C. The van der Waals surface area contributed by atoms with Gasteiger partial charge in [0.05, 0.1) is 34.2 Å². The smallest absolute Gasteiger partial charge is 0.258 e. The largest absolute Gasteiger partial charge is 0.331 e. The molecule has 0 aliphatic rings. The van der Waals surface area contributed by atoms with Crippen LogP contribution in [0.25, 0.3) is 21.8 Å². The standard InChI is InChI=1S/C22H19FN4O2/c1-3-27(12-20-25-18-7-5-4-6-16(18)21(28)26-20)22(29)17-10-14-8-9-15(23)11-19(14)24-13(17)2/h4-11H,3,12H2,1-2H3,(H,25,26,28). The first kappa shape index (κ1) is 18.7. The van der Waals surface area contributed by atoms with Crippen LogP contribution in [0.2, 0.25) is 0 Å².